The molecule has 0 amide bonds. The number of hydrogen-bond donors (Lipinski definition) is 1. The SMILES string of the molecule is CCCN(CCNC)Cc1nn(C)c2ccccc12. The van der Waals surface area contributed by atoms with Crippen LogP contribution in [0.1, 0.15) is 19.0 Å². The lowest BCUT2D eigenvalue weighted by molar-refractivity contribution is 0.265. The van der Waals surface area contributed by atoms with Gasteiger partial charge in [-0.2, -0.15) is 5.10 Å². The van der Waals surface area contributed by atoms with Crippen LogP contribution in [0.3, 0.4) is 0 Å². The van der Waals surface area contributed by atoms with Crippen LogP contribution < -0.4 is 5.32 Å². The maximum Gasteiger partial charge on any atom is 0.0843 e. The summed E-state index contributed by atoms with van der Waals surface area (Å²) in [5.41, 5.74) is 2.39. The van der Waals surface area contributed by atoms with Gasteiger partial charge in [-0.05, 0) is 26.1 Å². The summed E-state index contributed by atoms with van der Waals surface area (Å²) in [6.07, 6.45) is 1.18. The van der Waals surface area contributed by atoms with Crippen LogP contribution >= 0.6 is 0 Å². The van der Waals surface area contributed by atoms with Crippen molar-refractivity contribution in [2.45, 2.75) is 19.9 Å². The molecule has 4 nitrogen and oxygen atoms in total. The molecule has 0 saturated heterocycles. The summed E-state index contributed by atoms with van der Waals surface area (Å²) < 4.78 is 1.98. The lowest BCUT2D eigenvalue weighted by Gasteiger charge is -2.20. The Bertz CT molecular complexity index is 518. The molecular weight excluding hydrogens is 236 g/mol. The van der Waals surface area contributed by atoms with Gasteiger partial charge in [-0.1, -0.05) is 25.1 Å². The molecule has 0 saturated carbocycles. The first-order valence-corrected chi connectivity index (χ1v) is 7.03. The topological polar surface area (TPSA) is 33.1 Å². The molecule has 0 atom stereocenters. The van der Waals surface area contributed by atoms with Crippen LogP contribution in [0.25, 0.3) is 10.9 Å². The standard InChI is InChI=1S/C15H24N4/c1-4-10-19(11-9-16-2)12-14-13-7-5-6-8-15(13)18(3)17-14/h5-8,16H,4,9-12H2,1-3H3. The Labute approximate surface area is 115 Å². The van der Waals surface area contributed by atoms with Gasteiger partial charge >= 0.3 is 0 Å². The van der Waals surface area contributed by atoms with Crippen LogP contribution in [0.5, 0.6) is 0 Å². The maximum atomic E-state index is 4.67. The summed E-state index contributed by atoms with van der Waals surface area (Å²) in [7, 11) is 4.02. The van der Waals surface area contributed by atoms with Crippen LogP contribution in [-0.4, -0.2) is 41.4 Å². The highest BCUT2D eigenvalue weighted by Gasteiger charge is 2.11. The molecule has 0 unspecified atom stereocenters. The molecule has 1 aromatic heterocycles. The fraction of sp³-hybridized carbons (Fsp3) is 0.533. The van der Waals surface area contributed by atoms with E-state index >= 15 is 0 Å². The molecule has 0 spiro atoms. The van der Waals surface area contributed by atoms with Gasteiger partial charge in [-0.3, -0.25) is 9.58 Å². The number of aromatic nitrogens is 2. The van der Waals surface area contributed by atoms with Gasteiger partial charge in [0.15, 0.2) is 0 Å². The van der Waals surface area contributed by atoms with E-state index in [1.54, 1.807) is 0 Å². The third-order valence-electron chi connectivity index (χ3n) is 3.43. The zero-order valence-corrected chi connectivity index (χ0v) is 12.2. The molecule has 0 radical (unpaired) electrons. The highest BCUT2D eigenvalue weighted by molar-refractivity contribution is 5.81. The molecule has 0 aliphatic rings. The molecule has 0 aliphatic carbocycles. The third kappa shape index (κ3) is 3.33. The lowest BCUT2D eigenvalue weighted by atomic mass is 10.2. The van der Waals surface area contributed by atoms with Crippen molar-refractivity contribution in [1.82, 2.24) is 20.0 Å². The van der Waals surface area contributed by atoms with Gasteiger partial charge < -0.3 is 5.32 Å². The lowest BCUT2D eigenvalue weighted by Crippen LogP contribution is -2.31. The van der Waals surface area contributed by atoms with E-state index in [1.165, 1.54) is 23.0 Å². The predicted octanol–water partition coefficient (Wildman–Crippen LogP) is 2.00. The molecule has 4 heteroatoms. The number of para-hydroxylation sites is 1. The van der Waals surface area contributed by atoms with Gasteiger partial charge in [0.2, 0.25) is 0 Å². The van der Waals surface area contributed by atoms with E-state index in [9.17, 15) is 0 Å². The summed E-state index contributed by atoms with van der Waals surface area (Å²) in [6, 6.07) is 8.45. The molecule has 2 aromatic rings. The highest BCUT2D eigenvalue weighted by atomic mass is 15.3. The quantitative estimate of drug-likeness (QED) is 0.826. The van der Waals surface area contributed by atoms with Crippen LogP contribution in [0.2, 0.25) is 0 Å². The van der Waals surface area contributed by atoms with E-state index in [-0.39, 0.29) is 0 Å². The second kappa shape index (κ2) is 6.68. The molecule has 0 aliphatic heterocycles. The molecule has 0 bridgehead atoms. The van der Waals surface area contributed by atoms with Crippen molar-refractivity contribution in [2.75, 3.05) is 26.7 Å². The smallest absolute Gasteiger partial charge is 0.0843 e. The molecule has 0 fully saturated rings. The fourth-order valence-electron chi connectivity index (χ4n) is 2.47. The Morgan fingerprint density at radius 3 is 2.79 bits per heavy atom. The summed E-state index contributed by atoms with van der Waals surface area (Å²) in [4.78, 5) is 2.46. The number of likely N-dealkylation sites (N-methyl/N-ethyl adjacent to an activating group) is 1. The molecule has 104 valence electrons. The van der Waals surface area contributed by atoms with Crippen molar-refractivity contribution in [3.8, 4) is 0 Å². The number of hydrogen-bond acceptors (Lipinski definition) is 3. The summed E-state index contributed by atoms with van der Waals surface area (Å²) in [5, 5.41) is 9.17. The predicted molar refractivity (Wildman–Crippen MR) is 80.2 cm³/mol. The second-order valence-electron chi connectivity index (χ2n) is 4.97. The first-order valence-electron chi connectivity index (χ1n) is 7.03. The van der Waals surface area contributed by atoms with Crippen molar-refractivity contribution in [3.63, 3.8) is 0 Å². The number of aryl methyl sites for hydroxylation is 1. The van der Waals surface area contributed by atoms with Gasteiger partial charge in [0.25, 0.3) is 0 Å². The number of fused-ring (bicyclic) bond motifs is 1. The van der Waals surface area contributed by atoms with Gasteiger partial charge in [0.05, 0.1) is 11.2 Å². The van der Waals surface area contributed by atoms with Crippen molar-refractivity contribution in [2.24, 2.45) is 7.05 Å². The van der Waals surface area contributed by atoms with E-state index in [0.29, 0.717) is 0 Å². The Kier molecular flexibility index (Phi) is 4.93. The zero-order valence-electron chi connectivity index (χ0n) is 12.2. The van der Waals surface area contributed by atoms with Crippen molar-refractivity contribution in [1.29, 1.82) is 0 Å². The molecule has 2 rings (SSSR count). The number of nitrogens with one attached hydrogen (secondary N) is 1. The minimum Gasteiger partial charge on any atom is -0.318 e. The average Bonchev–Trinajstić information content (AvgIpc) is 2.74. The fourth-order valence-corrected chi connectivity index (χ4v) is 2.47. The normalized spacial score (nSPS) is 11.6. The van der Waals surface area contributed by atoms with Crippen LogP contribution in [0.4, 0.5) is 0 Å². The molecular formula is C15H24N4. The largest absolute Gasteiger partial charge is 0.318 e. The minimum atomic E-state index is 0.927. The van der Waals surface area contributed by atoms with Crippen LogP contribution in [0, 0.1) is 0 Å². The number of nitrogens with zero attached hydrogens (tertiary/aromatic N) is 3. The number of benzene rings is 1. The van der Waals surface area contributed by atoms with Gasteiger partial charge in [0.1, 0.15) is 0 Å². The van der Waals surface area contributed by atoms with E-state index in [1.807, 2.05) is 18.8 Å². The Morgan fingerprint density at radius 2 is 2.05 bits per heavy atom. The molecule has 1 N–H and O–H groups in total. The van der Waals surface area contributed by atoms with E-state index in [2.05, 4.69) is 46.5 Å². The zero-order chi connectivity index (χ0) is 13.7. The van der Waals surface area contributed by atoms with Crippen molar-refractivity contribution >= 4 is 10.9 Å². The average molecular weight is 260 g/mol. The van der Waals surface area contributed by atoms with Crippen molar-refractivity contribution in [3.05, 3.63) is 30.0 Å². The van der Waals surface area contributed by atoms with Crippen LogP contribution in [0.15, 0.2) is 24.3 Å². The highest BCUT2D eigenvalue weighted by Crippen LogP contribution is 2.18. The van der Waals surface area contributed by atoms with E-state index in [0.717, 1.165) is 26.2 Å². The molecule has 1 aromatic carbocycles. The first-order chi connectivity index (χ1) is 9.26. The monoisotopic (exact) mass is 260 g/mol. The third-order valence-corrected chi connectivity index (χ3v) is 3.43. The Balaban J connectivity index is 2.18. The van der Waals surface area contributed by atoms with Crippen molar-refractivity contribution < 1.29 is 0 Å². The maximum absolute atomic E-state index is 4.67. The minimum absolute atomic E-state index is 0.927. The summed E-state index contributed by atoms with van der Waals surface area (Å²) in [5.74, 6) is 0. The van der Waals surface area contributed by atoms with Gasteiger partial charge in [0, 0.05) is 32.1 Å². The summed E-state index contributed by atoms with van der Waals surface area (Å²) in [6.45, 7) is 6.35. The van der Waals surface area contributed by atoms with E-state index in [4.69, 9.17) is 0 Å². The van der Waals surface area contributed by atoms with E-state index < -0.39 is 0 Å². The molecule has 1 heterocycles. The van der Waals surface area contributed by atoms with Crippen LogP contribution in [-0.2, 0) is 13.6 Å². The Morgan fingerprint density at radius 1 is 1.26 bits per heavy atom. The van der Waals surface area contributed by atoms with Gasteiger partial charge in [-0.25, -0.2) is 0 Å². The van der Waals surface area contributed by atoms with Gasteiger partial charge in [-0.15, -0.1) is 0 Å². The summed E-state index contributed by atoms with van der Waals surface area (Å²) >= 11 is 0. The molecule has 19 heavy (non-hydrogen) atoms. The second-order valence-corrected chi connectivity index (χ2v) is 4.97. The first kappa shape index (κ1) is 14.0. The number of rotatable bonds is 7. The Hall–Kier alpha value is -1.39.